The lowest BCUT2D eigenvalue weighted by atomic mass is 10.0. The maximum Gasteiger partial charge on any atom is 0.137 e. The molecule has 0 saturated heterocycles. The minimum atomic E-state index is 0.112. The highest BCUT2D eigenvalue weighted by Crippen LogP contribution is 2.26. The van der Waals surface area contributed by atoms with Crippen molar-refractivity contribution in [3.63, 3.8) is 0 Å². The fourth-order valence-electron chi connectivity index (χ4n) is 1.57. The van der Waals surface area contributed by atoms with Gasteiger partial charge in [0.1, 0.15) is 17.7 Å². The van der Waals surface area contributed by atoms with Crippen LogP contribution in [-0.4, -0.2) is 25.3 Å². The number of nitriles is 2. The van der Waals surface area contributed by atoms with Gasteiger partial charge in [0.25, 0.3) is 0 Å². The van der Waals surface area contributed by atoms with Crippen molar-refractivity contribution in [2.45, 2.75) is 0 Å². The van der Waals surface area contributed by atoms with Crippen LogP contribution in [-0.2, 0) is 0 Å². The van der Waals surface area contributed by atoms with Gasteiger partial charge in [0.05, 0.1) is 5.03 Å². The molecule has 20 heavy (non-hydrogen) atoms. The minimum Gasteiger partial charge on any atom is -0.372 e. The quantitative estimate of drug-likeness (QED) is 0.609. The Morgan fingerprint density at radius 2 is 1.75 bits per heavy atom. The van der Waals surface area contributed by atoms with Crippen LogP contribution < -0.4 is 0 Å². The van der Waals surface area contributed by atoms with Crippen molar-refractivity contribution in [2.75, 3.05) is 20.4 Å². The van der Waals surface area contributed by atoms with E-state index in [1.165, 1.54) is 0 Å². The van der Waals surface area contributed by atoms with Crippen LogP contribution in [0.2, 0.25) is 0 Å². The molecule has 1 rings (SSSR count). The monoisotopic (exact) mass is 347 g/mol. The molecule has 0 atom stereocenters. The molecule has 0 spiro atoms. The highest BCUT2D eigenvalue weighted by atomic mass is 79.9. The highest BCUT2D eigenvalue weighted by molar-refractivity contribution is 9.10. The van der Waals surface area contributed by atoms with E-state index in [-0.39, 0.29) is 5.57 Å². The van der Waals surface area contributed by atoms with E-state index in [1.807, 2.05) is 67.7 Å². The van der Waals surface area contributed by atoms with Gasteiger partial charge in [-0.1, -0.05) is 28.1 Å². The van der Waals surface area contributed by atoms with E-state index in [1.54, 1.807) is 11.8 Å². The van der Waals surface area contributed by atoms with E-state index in [4.69, 9.17) is 10.5 Å². The third-order valence-corrected chi connectivity index (χ3v) is 4.00. The van der Waals surface area contributed by atoms with E-state index in [0.29, 0.717) is 5.57 Å². The Balaban J connectivity index is 3.47. The Morgan fingerprint density at radius 1 is 1.20 bits per heavy atom. The summed E-state index contributed by atoms with van der Waals surface area (Å²) in [6.45, 7) is 0. The van der Waals surface area contributed by atoms with Crippen molar-refractivity contribution >= 4 is 33.3 Å². The molecular formula is C15H14BrN3S. The molecule has 0 radical (unpaired) electrons. The number of rotatable bonds is 4. The molecule has 0 aliphatic rings. The SMILES string of the molecule is CS/C(=C/C(=C(C#N)C#N)c1ccc(Br)cc1)N(C)C. The van der Waals surface area contributed by atoms with E-state index in [9.17, 15) is 0 Å². The summed E-state index contributed by atoms with van der Waals surface area (Å²) in [5.74, 6) is 0. The smallest absolute Gasteiger partial charge is 0.137 e. The first-order chi connectivity index (χ1) is 9.53. The van der Waals surface area contributed by atoms with Gasteiger partial charge >= 0.3 is 0 Å². The van der Waals surface area contributed by atoms with Crippen molar-refractivity contribution in [1.82, 2.24) is 4.90 Å². The number of benzene rings is 1. The summed E-state index contributed by atoms with van der Waals surface area (Å²) in [4.78, 5) is 1.95. The number of thioether (sulfide) groups is 1. The van der Waals surface area contributed by atoms with Crippen molar-refractivity contribution in [3.05, 3.63) is 51.0 Å². The fourth-order valence-corrected chi connectivity index (χ4v) is 2.43. The van der Waals surface area contributed by atoms with Crippen LogP contribution in [0.5, 0.6) is 0 Å². The summed E-state index contributed by atoms with van der Waals surface area (Å²) in [5, 5.41) is 19.3. The lowest BCUT2D eigenvalue weighted by Crippen LogP contribution is -2.08. The molecule has 0 aliphatic carbocycles. The van der Waals surface area contributed by atoms with E-state index in [0.717, 1.165) is 15.1 Å². The second kappa shape index (κ2) is 7.79. The van der Waals surface area contributed by atoms with Gasteiger partial charge in [-0.05, 0) is 30.0 Å². The topological polar surface area (TPSA) is 50.8 Å². The van der Waals surface area contributed by atoms with Crippen LogP contribution in [0.15, 0.2) is 45.4 Å². The zero-order valence-corrected chi connectivity index (χ0v) is 13.9. The number of halogens is 1. The van der Waals surface area contributed by atoms with Crippen molar-refractivity contribution in [2.24, 2.45) is 0 Å². The summed E-state index contributed by atoms with van der Waals surface area (Å²) < 4.78 is 0.956. The Kier molecular flexibility index (Phi) is 6.38. The first-order valence-corrected chi connectivity index (χ1v) is 7.78. The minimum absolute atomic E-state index is 0.112. The third kappa shape index (κ3) is 4.16. The van der Waals surface area contributed by atoms with Gasteiger partial charge in [-0.2, -0.15) is 10.5 Å². The fraction of sp³-hybridized carbons (Fsp3) is 0.200. The lowest BCUT2D eigenvalue weighted by molar-refractivity contribution is 0.551. The molecule has 1 aromatic carbocycles. The van der Waals surface area contributed by atoms with E-state index in [2.05, 4.69) is 15.9 Å². The van der Waals surface area contributed by atoms with Crippen molar-refractivity contribution < 1.29 is 0 Å². The molecule has 102 valence electrons. The predicted octanol–water partition coefficient (Wildman–Crippen LogP) is 4.02. The zero-order valence-electron chi connectivity index (χ0n) is 11.5. The summed E-state index contributed by atoms with van der Waals surface area (Å²) in [7, 11) is 3.86. The normalized spacial score (nSPS) is 10.4. The molecule has 0 amide bonds. The van der Waals surface area contributed by atoms with Crippen molar-refractivity contribution in [1.29, 1.82) is 10.5 Å². The van der Waals surface area contributed by atoms with Gasteiger partial charge in [-0.15, -0.1) is 11.8 Å². The first kappa shape index (κ1) is 16.4. The van der Waals surface area contributed by atoms with Crippen LogP contribution >= 0.6 is 27.7 Å². The molecule has 3 nitrogen and oxygen atoms in total. The lowest BCUT2D eigenvalue weighted by Gasteiger charge is -2.16. The number of nitrogens with zero attached hydrogens (tertiary/aromatic N) is 3. The van der Waals surface area contributed by atoms with Gasteiger partial charge < -0.3 is 4.90 Å². The summed E-state index contributed by atoms with van der Waals surface area (Å²) in [5.41, 5.74) is 1.60. The molecule has 0 N–H and O–H groups in total. The van der Waals surface area contributed by atoms with Gasteiger partial charge in [-0.3, -0.25) is 0 Å². The Labute approximate surface area is 132 Å². The second-order valence-corrected chi connectivity index (χ2v) is 5.84. The molecule has 5 heteroatoms. The Bertz CT molecular complexity index is 600. The first-order valence-electron chi connectivity index (χ1n) is 5.77. The zero-order chi connectivity index (χ0) is 15.1. The molecule has 0 aliphatic heterocycles. The molecule has 0 bridgehead atoms. The number of hydrogen-bond donors (Lipinski definition) is 0. The second-order valence-electron chi connectivity index (χ2n) is 4.10. The number of allylic oxidation sites excluding steroid dienone is 3. The maximum atomic E-state index is 9.15. The molecule has 0 unspecified atom stereocenters. The predicted molar refractivity (Wildman–Crippen MR) is 87.6 cm³/mol. The van der Waals surface area contributed by atoms with Crippen LogP contribution in [0.1, 0.15) is 5.56 Å². The molecule has 1 aromatic rings. The Hall–Kier alpha value is -1.69. The average molecular weight is 348 g/mol. The van der Waals surface area contributed by atoms with Crippen LogP contribution in [0, 0.1) is 22.7 Å². The molecule has 0 fully saturated rings. The van der Waals surface area contributed by atoms with Gasteiger partial charge in [0, 0.05) is 24.1 Å². The van der Waals surface area contributed by atoms with Crippen LogP contribution in [0.4, 0.5) is 0 Å². The number of hydrogen-bond acceptors (Lipinski definition) is 4. The maximum absolute atomic E-state index is 9.15. The van der Waals surface area contributed by atoms with E-state index >= 15 is 0 Å². The van der Waals surface area contributed by atoms with E-state index < -0.39 is 0 Å². The van der Waals surface area contributed by atoms with Crippen LogP contribution in [0.25, 0.3) is 5.57 Å². The summed E-state index contributed by atoms with van der Waals surface area (Å²) in [6, 6.07) is 11.5. The molecular weight excluding hydrogens is 334 g/mol. The molecule has 0 saturated carbocycles. The highest BCUT2D eigenvalue weighted by Gasteiger charge is 2.09. The Morgan fingerprint density at radius 3 is 2.15 bits per heavy atom. The van der Waals surface area contributed by atoms with Gasteiger partial charge in [0.15, 0.2) is 0 Å². The average Bonchev–Trinajstić information content (AvgIpc) is 2.44. The van der Waals surface area contributed by atoms with Crippen molar-refractivity contribution in [3.8, 4) is 12.1 Å². The largest absolute Gasteiger partial charge is 0.372 e. The summed E-state index contributed by atoms with van der Waals surface area (Å²) >= 11 is 4.95. The standard InChI is InChI=1S/C15H14BrN3S/c1-19(2)15(20-3)8-14(12(9-17)10-18)11-4-6-13(16)7-5-11/h4-8H,1-3H3/b15-8+. The van der Waals surface area contributed by atoms with Crippen LogP contribution in [0.3, 0.4) is 0 Å². The van der Waals surface area contributed by atoms with Gasteiger partial charge in [-0.25, -0.2) is 0 Å². The van der Waals surface area contributed by atoms with Gasteiger partial charge in [0.2, 0.25) is 0 Å². The molecule has 0 aromatic heterocycles. The molecule has 0 heterocycles. The third-order valence-electron chi connectivity index (χ3n) is 2.57. The summed E-state index contributed by atoms with van der Waals surface area (Å²) in [6.07, 6.45) is 3.83.